The summed E-state index contributed by atoms with van der Waals surface area (Å²) in [6, 6.07) is 8.22. The number of β-amino-alcohol motifs (C(OH)–C–C–N with tert-alkyl or cyclic N) is 2. The Labute approximate surface area is 262 Å². The fraction of sp³-hybridized carbons (Fsp3) is 0.480. The van der Waals surface area contributed by atoms with Gasteiger partial charge in [0, 0.05) is 42.8 Å². The molecule has 16 heteroatoms. The third-order valence-electron chi connectivity index (χ3n) is 4.27. The molecule has 2 atom stereocenters. The summed E-state index contributed by atoms with van der Waals surface area (Å²) >= 11 is 0. The van der Waals surface area contributed by atoms with Gasteiger partial charge in [-0.3, -0.25) is 9.11 Å². The Morgan fingerprint density at radius 2 is 0.902 bits per heavy atom. The minimum atomic E-state index is -4.67. The molecule has 2 unspecified atom stereocenters. The van der Waals surface area contributed by atoms with Crippen LogP contribution >= 0.6 is 0 Å². The van der Waals surface area contributed by atoms with Crippen molar-refractivity contribution >= 4 is 16.9 Å². The molecule has 0 fully saturated rings. The third-order valence-corrected chi connectivity index (χ3v) is 4.27. The first kappa shape index (κ1) is 43.3. The molecule has 0 spiro atoms. The summed E-state index contributed by atoms with van der Waals surface area (Å²) in [6.45, 7) is 12.2. The molecule has 230 valence electrons. The first-order chi connectivity index (χ1) is 18.0. The number of rotatable bonds is 6. The molecule has 2 rings (SSSR count). The van der Waals surface area contributed by atoms with Crippen molar-refractivity contribution in [2.24, 2.45) is 0 Å². The SMILES string of the molecule is CC(C)(C)NCC(O)c1cc(O)cc(O)c1.CC(C)(C)NCC(O)c1cc(O)cc(O)c1.O=C[O-].O=S(=O)(O)O.[Na+]. The van der Waals surface area contributed by atoms with Gasteiger partial charge >= 0.3 is 40.0 Å². The van der Waals surface area contributed by atoms with Gasteiger partial charge in [0.05, 0.1) is 12.2 Å². The van der Waals surface area contributed by atoms with E-state index < -0.39 is 29.1 Å². The van der Waals surface area contributed by atoms with Gasteiger partial charge in [0.15, 0.2) is 0 Å². The molecule has 0 saturated heterocycles. The summed E-state index contributed by atoms with van der Waals surface area (Å²) in [6.07, 6.45) is -1.51. The van der Waals surface area contributed by atoms with Crippen molar-refractivity contribution < 1.29 is 87.6 Å². The van der Waals surface area contributed by atoms with E-state index in [4.69, 9.17) is 27.4 Å². The molecule has 0 bridgehead atoms. The van der Waals surface area contributed by atoms with Gasteiger partial charge in [0.1, 0.15) is 23.0 Å². The van der Waals surface area contributed by atoms with Crippen molar-refractivity contribution in [3.05, 3.63) is 47.5 Å². The molecule has 0 saturated carbocycles. The summed E-state index contributed by atoms with van der Waals surface area (Å²) in [7, 11) is -4.67. The number of phenols is 4. The summed E-state index contributed by atoms with van der Waals surface area (Å²) in [5, 5.41) is 71.4. The number of hydrogen-bond acceptors (Lipinski definition) is 12. The largest absolute Gasteiger partial charge is 1.00 e. The molecular formula is C25H41N2NaO12S. The van der Waals surface area contributed by atoms with Crippen LogP contribution in [-0.4, -0.2) is 78.8 Å². The number of phenolic OH excluding ortho intramolecular Hbond substituents is 4. The molecule has 2 aromatic rings. The van der Waals surface area contributed by atoms with Gasteiger partial charge in [-0.05, 0) is 76.9 Å². The Kier molecular flexibility index (Phi) is 21.0. The number of nitrogens with one attached hydrogen (secondary N) is 2. The van der Waals surface area contributed by atoms with Gasteiger partial charge in [0.25, 0.3) is 0 Å². The Bertz CT molecular complexity index is 1020. The second-order valence-corrected chi connectivity index (χ2v) is 11.3. The molecule has 0 aliphatic heterocycles. The monoisotopic (exact) mass is 616 g/mol. The molecular weight excluding hydrogens is 575 g/mol. The van der Waals surface area contributed by atoms with Crippen LogP contribution < -0.4 is 45.3 Å². The molecule has 0 aromatic heterocycles. The van der Waals surface area contributed by atoms with Crippen LogP contribution in [0.15, 0.2) is 36.4 Å². The van der Waals surface area contributed by atoms with Gasteiger partial charge in [-0.25, -0.2) is 0 Å². The van der Waals surface area contributed by atoms with Crippen LogP contribution in [0, 0.1) is 0 Å². The standard InChI is InChI=1S/2C12H19NO3.CH2O2.Na.H2O4S/c2*1-12(2,3)13-7-11(16)8-4-9(14)6-10(15)5-8;2-1-3;;1-5(2,3)4/h2*4-6,11,13-16H,7H2,1-3H3;1H,(H,2,3);;(H2,1,2,3,4)/q;;;+1;/p-1. The van der Waals surface area contributed by atoms with E-state index in [1.807, 2.05) is 41.5 Å². The molecule has 0 amide bonds. The van der Waals surface area contributed by atoms with Crippen molar-refractivity contribution in [2.45, 2.75) is 64.8 Å². The first-order valence-electron chi connectivity index (χ1n) is 11.6. The van der Waals surface area contributed by atoms with E-state index in [0.29, 0.717) is 24.2 Å². The number of carbonyl (C=O) groups excluding carboxylic acids is 1. The topological polar surface area (TPSA) is 260 Å². The zero-order valence-electron chi connectivity index (χ0n) is 24.2. The van der Waals surface area contributed by atoms with E-state index in [9.17, 15) is 30.6 Å². The van der Waals surface area contributed by atoms with E-state index in [0.717, 1.165) is 0 Å². The van der Waals surface area contributed by atoms with Crippen molar-refractivity contribution in [3.8, 4) is 23.0 Å². The van der Waals surface area contributed by atoms with Crippen LogP contribution in [-0.2, 0) is 15.2 Å². The predicted molar refractivity (Wildman–Crippen MR) is 145 cm³/mol. The van der Waals surface area contributed by atoms with Crippen LogP contribution in [0.3, 0.4) is 0 Å². The second kappa shape index (κ2) is 19.9. The molecule has 14 nitrogen and oxygen atoms in total. The maximum atomic E-state index is 9.85. The van der Waals surface area contributed by atoms with Crippen LogP contribution in [0.25, 0.3) is 0 Å². The van der Waals surface area contributed by atoms with E-state index in [-0.39, 0.29) is 63.6 Å². The van der Waals surface area contributed by atoms with E-state index in [2.05, 4.69) is 10.6 Å². The van der Waals surface area contributed by atoms with Gasteiger partial charge in [-0.1, -0.05) is 0 Å². The number of aromatic hydroxyl groups is 4. The molecule has 0 radical (unpaired) electrons. The van der Waals surface area contributed by atoms with Crippen molar-refractivity contribution in [2.75, 3.05) is 13.1 Å². The third kappa shape index (κ3) is 27.7. The van der Waals surface area contributed by atoms with E-state index >= 15 is 0 Å². The predicted octanol–water partition coefficient (Wildman–Crippen LogP) is -2.24. The molecule has 2 aromatic carbocycles. The van der Waals surface area contributed by atoms with Crippen LogP contribution in [0.2, 0.25) is 0 Å². The summed E-state index contributed by atoms with van der Waals surface area (Å²) in [5.74, 6) is -0.204. The second-order valence-electron chi connectivity index (χ2n) is 10.4. The normalized spacial score (nSPS) is 12.4. The Hall–Kier alpha value is -2.18. The zero-order chi connectivity index (χ0) is 31.9. The zero-order valence-corrected chi connectivity index (χ0v) is 27.0. The Morgan fingerprint density at radius 3 is 1.07 bits per heavy atom. The molecule has 0 heterocycles. The Balaban J connectivity index is -0.000000549. The fourth-order valence-corrected chi connectivity index (χ4v) is 2.66. The van der Waals surface area contributed by atoms with Crippen LogP contribution in [0.4, 0.5) is 0 Å². The fourth-order valence-electron chi connectivity index (χ4n) is 2.66. The van der Waals surface area contributed by atoms with E-state index in [1.165, 1.54) is 36.4 Å². The number of carbonyl (C=O) groups is 1. The van der Waals surface area contributed by atoms with Crippen molar-refractivity contribution in [3.63, 3.8) is 0 Å². The molecule has 10 N–H and O–H groups in total. The van der Waals surface area contributed by atoms with Gasteiger partial charge in [-0.15, -0.1) is 0 Å². The molecule has 0 aliphatic rings. The van der Waals surface area contributed by atoms with E-state index in [1.54, 1.807) is 0 Å². The summed E-state index contributed by atoms with van der Waals surface area (Å²) in [4.78, 5) is 8.25. The van der Waals surface area contributed by atoms with Gasteiger partial charge < -0.3 is 51.2 Å². The quantitative estimate of drug-likeness (QED) is 0.0935. The first-order valence-corrected chi connectivity index (χ1v) is 13.0. The number of aliphatic hydroxyl groups excluding tert-OH is 2. The molecule has 0 aliphatic carbocycles. The number of benzene rings is 2. The van der Waals surface area contributed by atoms with Crippen molar-refractivity contribution in [1.29, 1.82) is 0 Å². The van der Waals surface area contributed by atoms with Crippen LogP contribution in [0.5, 0.6) is 23.0 Å². The van der Waals surface area contributed by atoms with Crippen LogP contribution in [0.1, 0.15) is 64.9 Å². The van der Waals surface area contributed by atoms with Gasteiger partial charge in [0.2, 0.25) is 0 Å². The Morgan fingerprint density at radius 1 is 0.707 bits per heavy atom. The average molecular weight is 617 g/mol. The minimum absolute atomic E-state index is 0. The average Bonchev–Trinajstić information content (AvgIpc) is 2.73. The van der Waals surface area contributed by atoms with Gasteiger partial charge in [-0.2, -0.15) is 8.42 Å². The minimum Gasteiger partial charge on any atom is -0.554 e. The number of hydrogen-bond donors (Lipinski definition) is 10. The maximum Gasteiger partial charge on any atom is 1.00 e. The van der Waals surface area contributed by atoms with Crippen molar-refractivity contribution in [1.82, 2.24) is 10.6 Å². The summed E-state index contributed by atoms with van der Waals surface area (Å²) in [5.41, 5.74) is 0.822. The maximum absolute atomic E-state index is 9.85. The smallest absolute Gasteiger partial charge is 0.554 e. The number of carboxylic acid groups (broad SMARTS) is 1. The molecule has 41 heavy (non-hydrogen) atoms. The number of aliphatic hydroxyl groups is 2. The summed E-state index contributed by atoms with van der Waals surface area (Å²) < 4.78 is 31.6.